The zero-order valence-corrected chi connectivity index (χ0v) is 10.8. The molecule has 0 spiro atoms. The molecule has 1 aromatic carbocycles. The Morgan fingerprint density at radius 3 is 2.69 bits per heavy atom. The van der Waals surface area contributed by atoms with Crippen LogP contribution in [0.2, 0.25) is 0 Å². The number of ether oxygens (including phenoxy) is 1. The molecule has 0 heterocycles. The smallest absolute Gasteiger partial charge is 0.331 e. The lowest BCUT2D eigenvalue weighted by molar-refractivity contribution is -0.134. The van der Waals surface area contributed by atoms with Gasteiger partial charge in [0.2, 0.25) is 0 Å². The van der Waals surface area contributed by atoms with Crippen LogP contribution in [0, 0.1) is 0 Å². The molecule has 4 nitrogen and oxygen atoms in total. The Morgan fingerprint density at radius 2 is 2.12 bits per heavy atom. The third kappa shape index (κ3) is 3.46. The van der Waals surface area contributed by atoms with Crippen molar-refractivity contribution in [3.8, 4) is 0 Å². The zero-order chi connectivity index (χ0) is 12.2. The van der Waals surface area contributed by atoms with Gasteiger partial charge in [-0.2, -0.15) is 0 Å². The molecule has 0 aliphatic heterocycles. The minimum Gasteiger partial charge on any atom is -0.466 e. The number of methoxy groups -OCH3 is 1. The van der Waals surface area contributed by atoms with Crippen LogP contribution in [-0.2, 0) is 19.4 Å². The molecule has 0 unspecified atom stereocenters. The van der Waals surface area contributed by atoms with Gasteiger partial charge in [0.1, 0.15) is 0 Å². The number of halogens is 1. The molecule has 0 aliphatic rings. The molecular formula is C10H9BrO4S. The number of rotatable bonds is 3. The summed E-state index contributed by atoms with van der Waals surface area (Å²) in [5.41, 5.74) is 0. The summed E-state index contributed by atoms with van der Waals surface area (Å²) in [6, 6.07) is 6.21. The van der Waals surface area contributed by atoms with Crippen LogP contribution in [0.25, 0.3) is 0 Å². The Labute approximate surface area is 102 Å². The second-order valence-electron chi connectivity index (χ2n) is 2.83. The van der Waals surface area contributed by atoms with E-state index in [2.05, 4.69) is 20.7 Å². The molecule has 0 aromatic heterocycles. The molecule has 1 rings (SSSR count). The molecule has 0 amide bonds. The summed E-state index contributed by atoms with van der Waals surface area (Å²) in [6.07, 6.45) is 0.871. The third-order valence-electron chi connectivity index (χ3n) is 1.71. The van der Waals surface area contributed by atoms with E-state index in [-0.39, 0.29) is 4.90 Å². The Bertz CT molecular complexity index is 519. The van der Waals surface area contributed by atoms with Crippen molar-refractivity contribution in [1.82, 2.24) is 0 Å². The van der Waals surface area contributed by atoms with E-state index >= 15 is 0 Å². The van der Waals surface area contributed by atoms with Crippen LogP contribution in [0.5, 0.6) is 0 Å². The number of carbonyl (C=O) groups excluding carboxylic acids is 1. The van der Waals surface area contributed by atoms with E-state index in [9.17, 15) is 13.2 Å². The minimum absolute atomic E-state index is 0.113. The van der Waals surface area contributed by atoms with Crippen LogP contribution in [0.4, 0.5) is 0 Å². The highest BCUT2D eigenvalue weighted by Crippen LogP contribution is 2.17. The first-order valence-corrected chi connectivity index (χ1v) is 6.56. The first kappa shape index (κ1) is 12.9. The fraction of sp³-hybridized carbons (Fsp3) is 0.100. The predicted molar refractivity (Wildman–Crippen MR) is 62.5 cm³/mol. The zero-order valence-electron chi connectivity index (χ0n) is 8.38. The molecule has 0 bridgehead atoms. The van der Waals surface area contributed by atoms with Crippen LogP contribution in [0.3, 0.4) is 0 Å². The molecule has 6 heteroatoms. The molecule has 86 valence electrons. The van der Waals surface area contributed by atoms with Gasteiger partial charge in [0.25, 0.3) is 0 Å². The second kappa shape index (κ2) is 5.27. The van der Waals surface area contributed by atoms with Crippen LogP contribution in [0.1, 0.15) is 0 Å². The van der Waals surface area contributed by atoms with Crippen molar-refractivity contribution in [2.45, 2.75) is 4.90 Å². The highest BCUT2D eigenvalue weighted by Gasteiger charge is 2.11. The summed E-state index contributed by atoms with van der Waals surface area (Å²) >= 11 is 3.17. The number of carbonyl (C=O) groups is 1. The van der Waals surface area contributed by atoms with Gasteiger partial charge in [0.15, 0.2) is 9.84 Å². The van der Waals surface area contributed by atoms with E-state index in [0.717, 1.165) is 11.5 Å². The first-order chi connectivity index (χ1) is 7.45. The molecule has 0 aliphatic carbocycles. The van der Waals surface area contributed by atoms with Gasteiger partial charge in [-0.3, -0.25) is 0 Å². The molecule has 0 atom stereocenters. The largest absolute Gasteiger partial charge is 0.466 e. The summed E-state index contributed by atoms with van der Waals surface area (Å²) in [5, 5.41) is 0.820. The van der Waals surface area contributed by atoms with E-state index in [1.807, 2.05) is 0 Å². The Kier molecular flexibility index (Phi) is 4.26. The van der Waals surface area contributed by atoms with Crippen molar-refractivity contribution in [2.75, 3.05) is 7.11 Å². The maximum Gasteiger partial charge on any atom is 0.331 e. The van der Waals surface area contributed by atoms with E-state index in [1.54, 1.807) is 12.1 Å². The van der Waals surface area contributed by atoms with Gasteiger partial charge >= 0.3 is 5.97 Å². The topological polar surface area (TPSA) is 60.4 Å². The fourth-order valence-corrected chi connectivity index (χ4v) is 2.49. The fourth-order valence-electron chi connectivity index (χ4n) is 0.936. The lowest BCUT2D eigenvalue weighted by Gasteiger charge is -1.99. The lowest BCUT2D eigenvalue weighted by Crippen LogP contribution is -2.00. The third-order valence-corrected chi connectivity index (χ3v) is 3.61. The molecule has 0 radical (unpaired) electrons. The van der Waals surface area contributed by atoms with Crippen molar-refractivity contribution in [3.63, 3.8) is 0 Å². The van der Waals surface area contributed by atoms with Crippen LogP contribution < -0.4 is 0 Å². The van der Waals surface area contributed by atoms with Gasteiger partial charge in [0, 0.05) is 16.0 Å². The van der Waals surface area contributed by atoms with E-state index in [0.29, 0.717) is 4.47 Å². The predicted octanol–water partition coefficient (Wildman–Crippen LogP) is 1.91. The van der Waals surface area contributed by atoms with Crippen molar-refractivity contribution in [2.24, 2.45) is 0 Å². The number of esters is 1. The van der Waals surface area contributed by atoms with Crippen LogP contribution in [-0.4, -0.2) is 21.5 Å². The molecule has 0 saturated carbocycles. The SMILES string of the molecule is COC(=O)/C=C/S(=O)(=O)c1cccc(Br)c1. The summed E-state index contributed by atoms with van der Waals surface area (Å²) in [5.74, 6) is -0.710. The van der Waals surface area contributed by atoms with Gasteiger partial charge < -0.3 is 4.74 Å². The number of hydrogen-bond acceptors (Lipinski definition) is 4. The summed E-state index contributed by atoms with van der Waals surface area (Å²) in [7, 11) is -2.42. The Morgan fingerprint density at radius 1 is 1.44 bits per heavy atom. The molecule has 0 N–H and O–H groups in total. The van der Waals surface area contributed by atoms with Gasteiger partial charge in [-0.1, -0.05) is 22.0 Å². The monoisotopic (exact) mass is 304 g/mol. The molecule has 0 fully saturated rings. The maximum atomic E-state index is 11.7. The van der Waals surface area contributed by atoms with E-state index in [4.69, 9.17) is 0 Å². The average molecular weight is 305 g/mol. The van der Waals surface area contributed by atoms with Crippen molar-refractivity contribution in [1.29, 1.82) is 0 Å². The van der Waals surface area contributed by atoms with E-state index in [1.165, 1.54) is 19.2 Å². The standard InChI is InChI=1S/C10H9BrO4S/c1-15-10(12)5-6-16(13,14)9-4-2-3-8(11)7-9/h2-7H,1H3/b6-5+. The van der Waals surface area contributed by atoms with Crippen molar-refractivity contribution in [3.05, 3.63) is 40.2 Å². The maximum absolute atomic E-state index is 11.7. The normalized spacial score (nSPS) is 11.6. The summed E-state index contributed by atoms with van der Waals surface area (Å²) in [6.45, 7) is 0. The quantitative estimate of drug-likeness (QED) is 0.632. The molecular weight excluding hydrogens is 296 g/mol. The number of hydrogen-bond donors (Lipinski definition) is 0. The lowest BCUT2D eigenvalue weighted by atomic mass is 10.4. The van der Waals surface area contributed by atoms with Gasteiger partial charge in [-0.05, 0) is 18.2 Å². The first-order valence-electron chi connectivity index (χ1n) is 4.22. The summed E-state index contributed by atoms with van der Waals surface area (Å²) in [4.78, 5) is 10.9. The van der Waals surface area contributed by atoms with Gasteiger partial charge in [-0.15, -0.1) is 0 Å². The summed E-state index contributed by atoms with van der Waals surface area (Å²) < 4.78 is 28.3. The number of benzene rings is 1. The number of sulfone groups is 1. The molecule has 1 aromatic rings. The Balaban J connectivity index is 3.04. The van der Waals surface area contributed by atoms with Crippen LogP contribution in [0.15, 0.2) is 45.1 Å². The average Bonchev–Trinajstić information content (AvgIpc) is 2.26. The highest BCUT2D eigenvalue weighted by molar-refractivity contribution is 9.10. The van der Waals surface area contributed by atoms with E-state index < -0.39 is 15.8 Å². The minimum atomic E-state index is -3.60. The van der Waals surface area contributed by atoms with Crippen molar-refractivity contribution < 1.29 is 17.9 Å². The van der Waals surface area contributed by atoms with Crippen molar-refractivity contribution >= 4 is 31.7 Å². The Hall–Kier alpha value is -1.14. The van der Waals surface area contributed by atoms with Gasteiger partial charge in [0.05, 0.1) is 12.0 Å². The van der Waals surface area contributed by atoms with Gasteiger partial charge in [-0.25, -0.2) is 13.2 Å². The highest BCUT2D eigenvalue weighted by atomic mass is 79.9. The molecule has 0 saturated heterocycles. The van der Waals surface area contributed by atoms with Crippen LogP contribution >= 0.6 is 15.9 Å². The second-order valence-corrected chi connectivity index (χ2v) is 5.58. The molecule has 16 heavy (non-hydrogen) atoms.